The lowest BCUT2D eigenvalue weighted by atomic mass is 10.2. The number of hydrogen-bond acceptors (Lipinski definition) is 7. The van der Waals surface area contributed by atoms with Crippen molar-refractivity contribution in [2.45, 2.75) is 18.2 Å². The Morgan fingerprint density at radius 2 is 1.88 bits per heavy atom. The zero-order valence-electron chi connectivity index (χ0n) is 18.8. The first-order valence-corrected chi connectivity index (χ1v) is 12.5. The fraction of sp³-hybridized carbons (Fsp3) is 0.391. The summed E-state index contributed by atoms with van der Waals surface area (Å²) < 4.78 is 31.3. The van der Waals surface area contributed by atoms with E-state index in [4.69, 9.17) is 4.74 Å². The third-order valence-corrected chi connectivity index (χ3v) is 7.72. The molecule has 10 heteroatoms. The predicted octanol–water partition coefficient (Wildman–Crippen LogP) is 1.88. The molecule has 2 aliphatic rings. The number of hydrogen-bond donors (Lipinski definition) is 2. The molecule has 2 aromatic rings. The van der Waals surface area contributed by atoms with Crippen molar-refractivity contribution in [2.75, 3.05) is 61.1 Å². The average Bonchev–Trinajstić information content (AvgIpc) is 2.78. The van der Waals surface area contributed by atoms with Crippen LogP contribution in [0.4, 0.5) is 17.1 Å². The van der Waals surface area contributed by atoms with E-state index in [9.17, 15) is 18.0 Å². The molecule has 33 heavy (non-hydrogen) atoms. The molecule has 4 rings (SSSR count). The molecule has 0 atom stereocenters. The lowest BCUT2D eigenvalue weighted by molar-refractivity contribution is -0.118. The summed E-state index contributed by atoms with van der Waals surface area (Å²) in [5.74, 6) is -0.670. The Labute approximate surface area is 193 Å². The topological polar surface area (TPSA) is 108 Å². The van der Waals surface area contributed by atoms with Gasteiger partial charge in [0.2, 0.25) is 5.91 Å². The molecule has 2 N–H and O–H groups in total. The van der Waals surface area contributed by atoms with Crippen LogP contribution in [0.2, 0.25) is 0 Å². The van der Waals surface area contributed by atoms with Gasteiger partial charge < -0.3 is 25.2 Å². The molecular formula is C23H28N4O5S. The first kappa shape index (κ1) is 23.1. The maximum Gasteiger partial charge on any atom is 0.262 e. The highest BCUT2D eigenvalue weighted by Gasteiger charge is 2.25. The van der Waals surface area contributed by atoms with Crippen LogP contribution in [0, 0.1) is 6.92 Å². The Kier molecular flexibility index (Phi) is 6.57. The summed E-state index contributed by atoms with van der Waals surface area (Å²) in [5.41, 5.74) is 2.55. The van der Waals surface area contributed by atoms with Crippen molar-refractivity contribution in [1.82, 2.24) is 4.90 Å². The normalized spacial score (nSPS) is 16.5. The molecule has 0 saturated carbocycles. The number of ether oxygens (including phenoxy) is 1. The second-order valence-electron chi connectivity index (χ2n) is 8.38. The zero-order valence-corrected chi connectivity index (χ0v) is 19.6. The molecule has 2 aromatic carbocycles. The number of nitrogens with one attached hydrogen (secondary N) is 2. The van der Waals surface area contributed by atoms with Gasteiger partial charge in [0, 0.05) is 38.7 Å². The second kappa shape index (κ2) is 9.40. The van der Waals surface area contributed by atoms with Gasteiger partial charge >= 0.3 is 0 Å². The maximum absolute atomic E-state index is 13.0. The fourth-order valence-electron chi connectivity index (χ4n) is 4.00. The largest absolute Gasteiger partial charge is 0.482 e. The highest BCUT2D eigenvalue weighted by Crippen LogP contribution is 2.33. The maximum atomic E-state index is 13.0. The van der Waals surface area contributed by atoms with E-state index in [1.165, 1.54) is 6.07 Å². The number of carbonyl (C=O) groups excluding carboxylic acids is 2. The van der Waals surface area contributed by atoms with E-state index in [1.807, 2.05) is 24.3 Å². The Bertz CT molecular complexity index is 1170. The minimum atomic E-state index is -3.73. The van der Waals surface area contributed by atoms with E-state index in [0.717, 1.165) is 31.9 Å². The number of sulfone groups is 1. The van der Waals surface area contributed by atoms with Gasteiger partial charge in [-0.3, -0.25) is 9.59 Å². The van der Waals surface area contributed by atoms with E-state index in [1.54, 1.807) is 13.0 Å². The van der Waals surface area contributed by atoms with Gasteiger partial charge in [-0.25, -0.2) is 8.42 Å². The van der Waals surface area contributed by atoms with Gasteiger partial charge in [-0.05, 0) is 37.7 Å². The van der Waals surface area contributed by atoms with E-state index in [0.29, 0.717) is 22.7 Å². The molecule has 0 spiro atoms. The van der Waals surface area contributed by atoms with Crippen LogP contribution in [0.3, 0.4) is 0 Å². The second-order valence-corrected chi connectivity index (χ2v) is 10.5. The number of carbonyl (C=O) groups is 2. The Morgan fingerprint density at radius 1 is 1.15 bits per heavy atom. The summed E-state index contributed by atoms with van der Waals surface area (Å²) in [7, 11) is -1.65. The van der Waals surface area contributed by atoms with Gasteiger partial charge in [0.25, 0.3) is 5.91 Å². The van der Waals surface area contributed by atoms with Crippen molar-refractivity contribution in [1.29, 1.82) is 0 Å². The lowest BCUT2D eigenvalue weighted by Crippen LogP contribution is -2.44. The third-order valence-electron chi connectivity index (χ3n) is 5.87. The van der Waals surface area contributed by atoms with Crippen molar-refractivity contribution in [2.24, 2.45) is 0 Å². The number of nitrogens with zero attached hydrogens (tertiary/aromatic N) is 2. The summed E-state index contributed by atoms with van der Waals surface area (Å²) in [4.78, 5) is 28.7. The molecular weight excluding hydrogens is 444 g/mol. The van der Waals surface area contributed by atoms with Crippen molar-refractivity contribution in [3.05, 3.63) is 42.0 Å². The minimum absolute atomic E-state index is 0.100. The van der Waals surface area contributed by atoms with Gasteiger partial charge in [-0.1, -0.05) is 12.1 Å². The van der Waals surface area contributed by atoms with Gasteiger partial charge in [0.15, 0.2) is 16.4 Å². The Balaban J connectivity index is 1.43. The summed E-state index contributed by atoms with van der Waals surface area (Å²) in [6.45, 7) is 5.09. The summed E-state index contributed by atoms with van der Waals surface area (Å²) in [6, 6.07) is 10.6. The Hall–Kier alpha value is -3.11. The Morgan fingerprint density at radius 3 is 2.64 bits per heavy atom. The van der Waals surface area contributed by atoms with E-state index in [2.05, 4.69) is 27.5 Å². The SMILES string of the molecule is Cc1cc2c(cc1S(=O)(=O)CCC(=O)Nc1ccccc1N1CCN(C)CC1)OCC(=O)N2. The zero-order chi connectivity index (χ0) is 23.6. The molecule has 0 bridgehead atoms. The van der Waals surface area contributed by atoms with Crippen LogP contribution in [-0.4, -0.2) is 70.7 Å². The molecule has 9 nitrogen and oxygen atoms in total. The summed E-state index contributed by atoms with van der Waals surface area (Å²) >= 11 is 0. The number of amides is 2. The average molecular weight is 473 g/mol. The smallest absolute Gasteiger partial charge is 0.262 e. The van der Waals surface area contributed by atoms with Crippen LogP contribution in [-0.2, 0) is 19.4 Å². The predicted molar refractivity (Wildman–Crippen MR) is 127 cm³/mol. The van der Waals surface area contributed by atoms with Gasteiger partial charge in [0.05, 0.1) is 27.7 Å². The van der Waals surface area contributed by atoms with Crippen molar-refractivity contribution in [3.8, 4) is 5.75 Å². The molecule has 0 unspecified atom stereocenters. The number of likely N-dealkylation sites (N-methyl/N-ethyl adjacent to an activating group) is 1. The number of fused-ring (bicyclic) bond motifs is 1. The van der Waals surface area contributed by atoms with Crippen LogP contribution in [0.15, 0.2) is 41.3 Å². The quantitative estimate of drug-likeness (QED) is 0.661. The van der Waals surface area contributed by atoms with Crippen LogP contribution in [0.1, 0.15) is 12.0 Å². The fourth-order valence-corrected chi connectivity index (χ4v) is 5.51. The van der Waals surface area contributed by atoms with Crippen LogP contribution in [0.25, 0.3) is 0 Å². The van der Waals surface area contributed by atoms with E-state index in [-0.39, 0.29) is 35.5 Å². The number of piperazine rings is 1. The number of para-hydroxylation sites is 2. The molecule has 2 heterocycles. The van der Waals surface area contributed by atoms with E-state index >= 15 is 0 Å². The first-order valence-electron chi connectivity index (χ1n) is 10.9. The number of rotatable bonds is 6. The standard InChI is InChI=1S/C23H28N4O5S/c1-16-13-18-20(32-15-23(29)25-18)14-21(16)33(30,31)12-7-22(28)24-17-5-3-4-6-19(17)27-10-8-26(2)9-11-27/h3-6,13-14H,7-12,15H2,1-2H3,(H,24,28)(H,25,29). The van der Waals surface area contributed by atoms with Gasteiger partial charge in [-0.2, -0.15) is 0 Å². The summed E-state index contributed by atoms with van der Waals surface area (Å²) in [5, 5.41) is 5.54. The minimum Gasteiger partial charge on any atom is -0.482 e. The lowest BCUT2D eigenvalue weighted by Gasteiger charge is -2.35. The van der Waals surface area contributed by atoms with Crippen molar-refractivity contribution < 1.29 is 22.7 Å². The highest BCUT2D eigenvalue weighted by molar-refractivity contribution is 7.91. The molecule has 0 radical (unpaired) electrons. The van der Waals surface area contributed by atoms with Crippen molar-refractivity contribution in [3.63, 3.8) is 0 Å². The molecule has 0 aliphatic carbocycles. The molecule has 0 aromatic heterocycles. The summed E-state index contributed by atoms with van der Waals surface area (Å²) in [6.07, 6.45) is -0.173. The van der Waals surface area contributed by atoms with Gasteiger partial charge in [0.1, 0.15) is 5.75 Å². The molecule has 176 valence electrons. The van der Waals surface area contributed by atoms with Crippen molar-refractivity contribution >= 4 is 38.7 Å². The molecule has 2 amide bonds. The monoisotopic (exact) mass is 472 g/mol. The van der Waals surface area contributed by atoms with Crippen LogP contribution in [0.5, 0.6) is 5.75 Å². The van der Waals surface area contributed by atoms with Gasteiger partial charge in [-0.15, -0.1) is 0 Å². The van der Waals surface area contributed by atoms with Crippen LogP contribution >= 0.6 is 0 Å². The van der Waals surface area contributed by atoms with Crippen LogP contribution < -0.4 is 20.3 Å². The molecule has 2 aliphatic heterocycles. The number of benzene rings is 2. The number of aryl methyl sites for hydroxylation is 1. The number of anilines is 3. The third kappa shape index (κ3) is 5.28. The molecule has 1 fully saturated rings. The van der Waals surface area contributed by atoms with E-state index < -0.39 is 9.84 Å². The highest BCUT2D eigenvalue weighted by atomic mass is 32.2. The molecule has 1 saturated heterocycles. The first-order chi connectivity index (χ1) is 15.7.